The Balaban J connectivity index is 1.03. The van der Waals surface area contributed by atoms with E-state index in [-0.39, 0.29) is 5.82 Å². The number of rotatable bonds is 6. The number of nitrogens with zero attached hydrogens (tertiary/aromatic N) is 4. The first-order valence-corrected chi connectivity index (χ1v) is 12.2. The monoisotopic (exact) mass is 417 g/mol. The minimum absolute atomic E-state index is 0.219. The van der Waals surface area contributed by atoms with Crippen molar-refractivity contribution in [1.82, 2.24) is 20.0 Å². The number of hydrogen-bond acceptors (Lipinski definition) is 5. The summed E-state index contributed by atoms with van der Waals surface area (Å²) in [5.41, 5.74) is 0.780. The van der Waals surface area contributed by atoms with E-state index in [1.807, 2.05) is 6.07 Å². The van der Waals surface area contributed by atoms with E-state index < -0.39 is 0 Å². The van der Waals surface area contributed by atoms with Crippen molar-refractivity contribution < 1.29 is 4.39 Å². The van der Waals surface area contributed by atoms with E-state index in [4.69, 9.17) is 0 Å². The van der Waals surface area contributed by atoms with Gasteiger partial charge in [-0.3, -0.25) is 14.9 Å². The second-order valence-corrected chi connectivity index (χ2v) is 10.4. The van der Waals surface area contributed by atoms with Gasteiger partial charge in [0.1, 0.15) is 5.82 Å². The molecule has 5 rings (SSSR count). The second kappa shape index (κ2) is 8.44. The third kappa shape index (κ3) is 4.28. The summed E-state index contributed by atoms with van der Waals surface area (Å²) in [6, 6.07) is 4.88. The molecular weight excluding hydrogens is 385 g/mol. The maximum Gasteiger partial charge on any atom is 0.158 e. The zero-order valence-corrected chi connectivity index (χ0v) is 18.0. The molecule has 158 valence electrons. The van der Waals surface area contributed by atoms with Crippen LogP contribution in [0.15, 0.2) is 18.2 Å². The maximum absolute atomic E-state index is 13.4. The number of halogens is 1. The third-order valence-electron chi connectivity index (χ3n) is 6.96. The molecule has 1 spiro atoms. The van der Waals surface area contributed by atoms with Gasteiger partial charge in [0.2, 0.25) is 0 Å². The zero-order valence-electron chi connectivity index (χ0n) is 17.2. The normalized spacial score (nSPS) is 23.0. The summed E-state index contributed by atoms with van der Waals surface area (Å²) in [7, 11) is 0. The third-order valence-corrected chi connectivity index (χ3v) is 8.60. The number of nitrogens with one attached hydrogen (secondary N) is 1. The molecule has 0 unspecified atom stereocenters. The van der Waals surface area contributed by atoms with Crippen LogP contribution in [0.25, 0.3) is 10.9 Å². The Morgan fingerprint density at radius 1 is 1.03 bits per heavy atom. The fourth-order valence-electron chi connectivity index (χ4n) is 5.26. The maximum atomic E-state index is 13.4. The number of hydrogen-bond donors (Lipinski definition) is 1. The molecule has 0 atom stereocenters. The van der Waals surface area contributed by atoms with Gasteiger partial charge in [0.25, 0.3) is 0 Å². The number of unbranched alkanes of at least 4 members (excludes halogenated alkanes) is 1. The van der Waals surface area contributed by atoms with Crippen molar-refractivity contribution in [3.63, 3.8) is 0 Å². The van der Waals surface area contributed by atoms with Gasteiger partial charge in [-0.25, -0.2) is 4.39 Å². The first-order valence-electron chi connectivity index (χ1n) is 11.2. The molecule has 2 saturated heterocycles. The SMILES string of the molecule is Fc1ccc2c(N3CCN(CCCCN4CSC5(CCCC5)C4)CC3)n[nH]c2c1. The minimum Gasteiger partial charge on any atom is -0.352 e. The van der Waals surface area contributed by atoms with Gasteiger partial charge in [-0.05, 0) is 57.0 Å². The van der Waals surface area contributed by atoms with Crippen LogP contribution < -0.4 is 4.90 Å². The van der Waals surface area contributed by atoms with Crippen LogP contribution in [0.2, 0.25) is 0 Å². The van der Waals surface area contributed by atoms with Crippen LogP contribution in [0, 0.1) is 5.82 Å². The van der Waals surface area contributed by atoms with Crippen LogP contribution in [0.5, 0.6) is 0 Å². The minimum atomic E-state index is -0.219. The molecule has 7 heteroatoms. The van der Waals surface area contributed by atoms with Crippen LogP contribution in [0.3, 0.4) is 0 Å². The van der Waals surface area contributed by atoms with Gasteiger partial charge in [0, 0.05) is 48.7 Å². The number of H-pyrrole nitrogens is 1. The highest BCUT2D eigenvalue weighted by molar-refractivity contribution is 8.00. The standard InChI is InChI=1S/C22H32FN5S/c23-18-5-6-19-20(15-18)24-25-21(19)28-13-11-26(12-14-28)9-3-4-10-27-16-22(29-17-27)7-1-2-8-22/h5-6,15H,1-4,7-14,16-17H2,(H,24,25). The molecule has 1 aromatic carbocycles. The second-order valence-electron chi connectivity index (χ2n) is 8.99. The number of aromatic nitrogens is 2. The molecule has 0 radical (unpaired) electrons. The van der Waals surface area contributed by atoms with Crippen LogP contribution in [0.4, 0.5) is 10.2 Å². The molecule has 1 aromatic heterocycles. The molecule has 0 amide bonds. The Kier molecular flexibility index (Phi) is 5.71. The van der Waals surface area contributed by atoms with E-state index in [2.05, 4.69) is 36.7 Å². The number of fused-ring (bicyclic) bond motifs is 1. The summed E-state index contributed by atoms with van der Waals surface area (Å²) in [6.07, 6.45) is 8.37. The van der Waals surface area contributed by atoms with Gasteiger partial charge in [-0.1, -0.05) is 12.8 Å². The number of piperazine rings is 1. The average molecular weight is 418 g/mol. The Hall–Kier alpha value is -1.31. The van der Waals surface area contributed by atoms with Crippen LogP contribution >= 0.6 is 11.8 Å². The van der Waals surface area contributed by atoms with Crippen molar-refractivity contribution in [2.45, 2.75) is 43.3 Å². The predicted octanol–water partition coefficient (Wildman–Crippen LogP) is 3.92. The van der Waals surface area contributed by atoms with Crippen LogP contribution in [-0.2, 0) is 0 Å². The highest BCUT2D eigenvalue weighted by Gasteiger charge is 2.40. The Labute approximate surface area is 177 Å². The van der Waals surface area contributed by atoms with E-state index in [9.17, 15) is 4.39 Å². The predicted molar refractivity (Wildman–Crippen MR) is 119 cm³/mol. The highest BCUT2D eigenvalue weighted by atomic mass is 32.2. The van der Waals surface area contributed by atoms with E-state index in [0.717, 1.165) is 42.9 Å². The largest absolute Gasteiger partial charge is 0.352 e. The summed E-state index contributed by atoms with van der Waals surface area (Å²) < 4.78 is 14.0. The fourth-order valence-corrected chi connectivity index (χ4v) is 6.79. The van der Waals surface area contributed by atoms with Crippen molar-refractivity contribution in [2.75, 3.05) is 56.6 Å². The fraction of sp³-hybridized carbons (Fsp3) is 0.682. The van der Waals surface area contributed by atoms with E-state index in [1.165, 1.54) is 76.2 Å². The molecule has 3 fully saturated rings. The first-order chi connectivity index (χ1) is 14.2. The van der Waals surface area contributed by atoms with Crippen molar-refractivity contribution >= 4 is 28.5 Å². The Bertz CT molecular complexity index is 826. The molecular formula is C22H32FN5S. The molecule has 1 N–H and O–H groups in total. The van der Waals surface area contributed by atoms with Crippen LogP contribution in [0.1, 0.15) is 38.5 Å². The summed E-state index contributed by atoms with van der Waals surface area (Å²) in [5.74, 6) is 2.00. The molecule has 5 nitrogen and oxygen atoms in total. The van der Waals surface area contributed by atoms with Gasteiger partial charge in [-0.15, -0.1) is 11.8 Å². The lowest BCUT2D eigenvalue weighted by Gasteiger charge is -2.35. The van der Waals surface area contributed by atoms with Gasteiger partial charge in [-0.2, -0.15) is 5.10 Å². The number of thioether (sulfide) groups is 1. The zero-order chi connectivity index (χ0) is 19.7. The molecule has 0 bridgehead atoms. The number of benzene rings is 1. The summed E-state index contributed by atoms with van der Waals surface area (Å²) >= 11 is 2.23. The van der Waals surface area contributed by atoms with Crippen molar-refractivity contribution in [2.24, 2.45) is 0 Å². The molecule has 29 heavy (non-hydrogen) atoms. The highest BCUT2D eigenvalue weighted by Crippen LogP contribution is 2.46. The van der Waals surface area contributed by atoms with Crippen molar-refractivity contribution in [3.05, 3.63) is 24.0 Å². The van der Waals surface area contributed by atoms with Gasteiger partial charge < -0.3 is 4.90 Å². The molecule has 2 aromatic rings. The first kappa shape index (κ1) is 19.6. The molecule has 1 aliphatic carbocycles. The van der Waals surface area contributed by atoms with E-state index in [0.29, 0.717) is 4.75 Å². The van der Waals surface area contributed by atoms with Crippen molar-refractivity contribution in [1.29, 1.82) is 0 Å². The average Bonchev–Trinajstić information content (AvgIpc) is 3.47. The smallest absolute Gasteiger partial charge is 0.158 e. The summed E-state index contributed by atoms with van der Waals surface area (Å²) in [4.78, 5) is 7.61. The lowest BCUT2D eigenvalue weighted by molar-refractivity contribution is 0.241. The summed E-state index contributed by atoms with van der Waals surface area (Å²) in [5, 5.41) is 8.43. The molecule has 3 aliphatic rings. The van der Waals surface area contributed by atoms with Crippen LogP contribution in [-0.4, -0.2) is 76.4 Å². The lowest BCUT2D eigenvalue weighted by Crippen LogP contribution is -2.46. The lowest BCUT2D eigenvalue weighted by atomic mass is 10.1. The Morgan fingerprint density at radius 2 is 1.79 bits per heavy atom. The molecule has 3 heterocycles. The molecule has 2 aliphatic heterocycles. The van der Waals surface area contributed by atoms with Gasteiger partial charge in [0.05, 0.1) is 5.52 Å². The quantitative estimate of drug-likeness (QED) is 0.721. The van der Waals surface area contributed by atoms with E-state index in [1.54, 1.807) is 0 Å². The number of aromatic amines is 1. The van der Waals surface area contributed by atoms with E-state index >= 15 is 0 Å². The number of anilines is 1. The van der Waals surface area contributed by atoms with Crippen molar-refractivity contribution in [3.8, 4) is 0 Å². The molecule has 1 saturated carbocycles. The van der Waals surface area contributed by atoms with Gasteiger partial charge in [0.15, 0.2) is 5.82 Å². The van der Waals surface area contributed by atoms with Gasteiger partial charge >= 0.3 is 0 Å². The Morgan fingerprint density at radius 3 is 2.59 bits per heavy atom. The topological polar surface area (TPSA) is 38.4 Å². The summed E-state index contributed by atoms with van der Waals surface area (Å²) in [6.45, 7) is 7.94.